The predicted molar refractivity (Wildman–Crippen MR) is 127 cm³/mol. The molecule has 5 rings (SSSR count). The fourth-order valence-corrected chi connectivity index (χ4v) is 4.72. The van der Waals surface area contributed by atoms with Crippen LogP contribution in [0.1, 0.15) is 19.3 Å². The van der Waals surface area contributed by atoms with Gasteiger partial charge in [0.2, 0.25) is 5.95 Å². The monoisotopic (exact) mass is 447 g/mol. The van der Waals surface area contributed by atoms with E-state index >= 15 is 0 Å². The van der Waals surface area contributed by atoms with Gasteiger partial charge in [0.25, 0.3) is 0 Å². The van der Waals surface area contributed by atoms with Crippen LogP contribution in [0.25, 0.3) is 16.8 Å². The van der Waals surface area contributed by atoms with E-state index in [1.165, 1.54) is 31.2 Å². The summed E-state index contributed by atoms with van der Waals surface area (Å²) in [6.45, 7) is 2.24. The quantitative estimate of drug-likeness (QED) is 0.484. The summed E-state index contributed by atoms with van der Waals surface area (Å²) < 4.78 is 25.3. The molecule has 0 radical (unpaired) electrons. The number of anilines is 3. The zero-order valence-electron chi connectivity index (χ0n) is 17.9. The van der Waals surface area contributed by atoms with E-state index in [4.69, 9.17) is 0 Å². The van der Waals surface area contributed by atoms with Crippen molar-refractivity contribution < 1.29 is 8.42 Å². The lowest BCUT2D eigenvalue weighted by Crippen LogP contribution is -2.29. The molecule has 1 fully saturated rings. The van der Waals surface area contributed by atoms with Crippen molar-refractivity contribution in [1.82, 2.24) is 14.6 Å². The molecule has 8 heteroatoms. The van der Waals surface area contributed by atoms with E-state index in [0.29, 0.717) is 10.8 Å². The van der Waals surface area contributed by atoms with E-state index in [1.54, 1.807) is 30.5 Å². The molecule has 1 aliphatic rings. The molecule has 164 valence electrons. The largest absolute Gasteiger partial charge is 0.372 e. The van der Waals surface area contributed by atoms with Crippen LogP contribution < -0.4 is 10.2 Å². The molecule has 0 atom stereocenters. The van der Waals surface area contributed by atoms with Crippen LogP contribution in [0.4, 0.5) is 17.3 Å². The Morgan fingerprint density at radius 3 is 2.28 bits per heavy atom. The van der Waals surface area contributed by atoms with Gasteiger partial charge in [0.15, 0.2) is 9.84 Å². The summed E-state index contributed by atoms with van der Waals surface area (Å²) >= 11 is 0. The smallest absolute Gasteiger partial charge is 0.245 e. The number of nitrogens with zero attached hydrogens (tertiary/aromatic N) is 4. The molecule has 7 nitrogen and oxygen atoms in total. The third kappa shape index (κ3) is 4.18. The Labute approximate surface area is 187 Å². The molecule has 3 heterocycles. The van der Waals surface area contributed by atoms with Crippen molar-refractivity contribution in [1.29, 1.82) is 0 Å². The highest BCUT2D eigenvalue weighted by Crippen LogP contribution is 2.25. The first-order chi connectivity index (χ1) is 15.5. The minimum atomic E-state index is -3.23. The molecule has 1 N–H and O–H groups in total. The van der Waals surface area contributed by atoms with Crippen LogP contribution in [0, 0.1) is 0 Å². The molecule has 2 aromatic carbocycles. The first kappa shape index (κ1) is 20.5. The van der Waals surface area contributed by atoms with Crippen LogP contribution in [-0.2, 0) is 9.84 Å². The fourth-order valence-electron chi connectivity index (χ4n) is 4.09. The molecule has 1 saturated heterocycles. The Kier molecular flexibility index (Phi) is 5.30. The van der Waals surface area contributed by atoms with Gasteiger partial charge >= 0.3 is 0 Å². The van der Waals surface area contributed by atoms with Gasteiger partial charge in [-0.2, -0.15) is 0 Å². The lowest BCUT2D eigenvalue weighted by molar-refractivity contribution is 0.578. The standard InChI is InChI=1S/C24H25N5O2S/c1-32(30,31)22-12-5-18(6-13-22)23-14-11-21-17-25-24(27-29(21)23)26-19-7-9-20(10-8-19)28-15-3-2-4-16-28/h5-14,17H,2-4,15-16H2,1H3,(H,26,27). The van der Waals surface area contributed by atoms with Gasteiger partial charge in [-0.15, -0.1) is 5.10 Å². The molecular formula is C24H25N5O2S. The normalized spacial score (nSPS) is 14.6. The van der Waals surface area contributed by atoms with Crippen LogP contribution in [0.5, 0.6) is 0 Å². The van der Waals surface area contributed by atoms with E-state index < -0.39 is 9.84 Å². The molecular weight excluding hydrogens is 422 g/mol. The van der Waals surface area contributed by atoms with E-state index in [0.717, 1.165) is 35.6 Å². The molecule has 2 aromatic heterocycles. The van der Waals surface area contributed by atoms with Gasteiger partial charge in [-0.25, -0.2) is 17.9 Å². The zero-order valence-corrected chi connectivity index (χ0v) is 18.7. The molecule has 0 unspecified atom stereocenters. The van der Waals surface area contributed by atoms with E-state index in [9.17, 15) is 8.42 Å². The summed E-state index contributed by atoms with van der Waals surface area (Å²) in [7, 11) is -3.23. The number of benzene rings is 2. The summed E-state index contributed by atoms with van der Waals surface area (Å²) in [5.41, 5.74) is 4.78. The highest BCUT2D eigenvalue weighted by Gasteiger charge is 2.12. The van der Waals surface area contributed by atoms with Crippen molar-refractivity contribution in [3.8, 4) is 11.3 Å². The second kappa shape index (κ2) is 8.27. The second-order valence-electron chi connectivity index (χ2n) is 8.15. The molecule has 0 amide bonds. The van der Waals surface area contributed by atoms with Crippen LogP contribution >= 0.6 is 0 Å². The highest BCUT2D eigenvalue weighted by molar-refractivity contribution is 7.90. The maximum atomic E-state index is 11.7. The molecule has 1 aliphatic heterocycles. The maximum absolute atomic E-state index is 11.7. The Morgan fingerprint density at radius 1 is 0.875 bits per heavy atom. The van der Waals surface area contributed by atoms with E-state index in [1.807, 2.05) is 16.6 Å². The van der Waals surface area contributed by atoms with Gasteiger partial charge in [0.05, 0.1) is 22.3 Å². The highest BCUT2D eigenvalue weighted by atomic mass is 32.2. The summed E-state index contributed by atoms with van der Waals surface area (Å²) in [6, 6.07) is 19.1. The van der Waals surface area contributed by atoms with Crippen molar-refractivity contribution in [3.63, 3.8) is 0 Å². The molecule has 0 saturated carbocycles. The molecule has 32 heavy (non-hydrogen) atoms. The average Bonchev–Trinajstić information content (AvgIpc) is 3.23. The summed E-state index contributed by atoms with van der Waals surface area (Å²) in [5, 5.41) is 7.94. The van der Waals surface area contributed by atoms with Gasteiger partial charge in [-0.1, -0.05) is 12.1 Å². The lowest BCUT2D eigenvalue weighted by atomic mass is 10.1. The van der Waals surface area contributed by atoms with Crippen LogP contribution in [0.2, 0.25) is 0 Å². The Hall–Kier alpha value is -3.39. The second-order valence-corrected chi connectivity index (χ2v) is 10.2. The van der Waals surface area contributed by atoms with Crippen molar-refractivity contribution in [2.45, 2.75) is 24.2 Å². The van der Waals surface area contributed by atoms with Crippen LogP contribution in [-0.4, -0.2) is 42.4 Å². The summed E-state index contributed by atoms with van der Waals surface area (Å²) in [6.07, 6.45) is 6.80. The van der Waals surface area contributed by atoms with Gasteiger partial charge < -0.3 is 10.2 Å². The van der Waals surface area contributed by atoms with Gasteiger partial charge in [-0.05, 0) is 67.8 Å². The summed E-state index contributed by atoms with van der Waals surface area (Å²) in [4.78, 5) is 7.16. The maximum Gasteiger partial charge on any atom is 0.245 e. The number of sulfone groups is 1. The van der Waals surface area contributed by atoms with Gasteiger partial charge in [-0.3, -0.25) is 0 Å². The minimum Gasteiger partial charge on any atom is -0.372 e. The van der Waals surface area contributed by atoms with E-state index in [-0.39, 0.29) is 0 Å². The minimum absolute atomic E-state index is 0.298. The first-order valence-corrected chi connectivity index (χ1v) is 12.6. The zero-order chi connectivity index (χ0) is 22.1. The van der Waals surface area contributed by atoms with Gasteiger partial charge in [0, 0.05) is 36.3 Å². The lowest BCUT2D eigenvalue weighted by Gasteiger charge is -2.28. The Balaban J connectivity index is 1.39. The Bertz CT molecular complexity index is 1340. The van der Waals surface area contributed by atoms with Crippen LogP contribution in [0.15, 0.2) is 71.8 Å². The summed E-state index contributed by atoms with van der Waals surface area (Å²) in [5.74, 6) is 0.494. The molecule has 0 bridgehead atoms. The number of aromatic nitrogens is 3. The van der Waals surface area contributed by atoms with E-state index in [2.05, 4.69) is 44.6 Å². The number of hydrogen-bond acceptors (Lipinski definition) is 6. The average molecular weight is 448 g/mol. The number of nitrogens with one attached hydrogen (secondary N) is 1. The predicted octanol–water partition coefficient (Wildman–Crippen LogP) is 4.53. The number of hydrogen-bond donors (Lipinski definition) is 1. The SMILES string of the molecule is CS(=O)(=O)c1ccc(-c2ccc3cnc(Nc4ccc(N5CCCCC5)cc4)nn23)cc1. The van der Waals surface area contributed by atoms with Gasteiger partial charge in [0.1, 0.15) is 0 Å². The van der Waals surface area contributed by atoms with Crippen molar-refractivity contribution in [2.24, 2.45) is 0 Å². The Morgan fingerprint density at radius 2 is 1.59 bits per heavy atom. The molecule has 4 aromatic rings. The number of rotatable bonds is 5. The number of fused-ring (bicyclic) bond motifs is 1. The topological polar surface area (TPSA) is 79.6 Å². The first-order valence-electron chi connectivity index (χ1n) is 10.7. The fraction of sp³-hybridized carbons (Fsp3) is 0.250. The van der Waals surface area contributed by atoms with Crippen molar-refractivity contribution in [3.05, 3.63) is 66.9 Å². The van der Waals surface area contributed by atoms with Crippen molar-refractivity contribution >= 4 is 32.7 Å². The third-order valence-electron chi connectivity index (χ3n) is 5.82. The number of piperidine rings is 1. The van der Waals surface area contributed by atoms with Crippen molar-refractivity contribution in [2.75, 3.05) is 29.6 Å². The van der Waals surface area contributed by atoms with Crippen LogP contribution in [0.3, 0.4) is 0 Å². The molecule has 0 aliphatic carbocycles. The third-order valence-corrected chi connectivity index (χ3v) is 6.95. The molecule has 0 spiro atoms.